The van der Waals surface area contributed by atoms with Gasteiger partial charge in [0.1, 0.15) is 5.54 Å². The lowest BCUT2D eigenvalue weighted by atomic mass is 9.59. The molecule has 1 unspecified atom stereocenters. The topological polar surface area (TPSA) is 58.6 Å². The fourth-order valence-electron chi connectivity index (χ4n) is 6.78. The number of carbonyl (C=O) groups excluding carboxylic acids is 1. The van der Waals surface area contributed by atoms with E-state index < -0.39 is 5.54 Å². The fourth-order valence-corrected chi connectivity index (χ4v) is 6.97. The zero-order valence-electron chi connectivity index (χ0n) is 20.8. The summed E-state index contributed by atoms with van der Waals surface area (Å²) >= 11 is 6.23. The number of hydrogen-bond donors (Lipinski definition) is 2. The van der Waals surface area contributed by atoms with Gasteiger partial charge >= 0.3 is 5.97 Å². The van der Waals surface area contributed by atoms with E-state index in [9.17, 15) is 9.90 Å². The molecule has 5 heteroatoms. The summed E-state index contributed by atoms with van der Waals surface area (Å²) in [5, 5.41) is 14.5. The van der Waals surface area contributed by atoms with Crippen molar-refractivity contribution in [1.82, 2.24) is 0 Å². The molecule has 1 fully saturated rings. The van der Waals surface area contributed by atoms with E-state index in [2.05, 4.69) is 41.7 Å². The average molecular weight is 504 g/mol. The number of aliphatic hydroxyl groups is 1. The third-order valence-corrected chi connectivity index (χ3v) is 8.88. The molecule has 2 aliphatic rings. The number of rotatable bonds is 7. The molecule has 5 rings (SSSR count). The van der Waals surface area contributed by atoms with Crippen molar-refractivity contribution in [2.24, 2.45) is 5.92 Å². The van der Waals surface area contributed by atoms with Crippen molar-refractivity contribution in [2.75, 3.05) is 19.0 Å². The van der Waals surface area contributed by atoms with Gasteiger partial charge in [0.2, 0.25) is 0 Å². The van der Waals surface area contributed by atoms with Gasteiger partial charge in [0, 0.05) is 23.2 Å². The van der Waals surface area contributed by atoms with Gasteiger partial charge in [0.25, 0.3) is 0 Å². The summed E-state index contributed by atoms with van der Waals surface area (Å²) in [5.74, 6) is 0.269. The number of ether oxygens (including phenoxy) is 1. The molecule has 0 radical (unpaired) electrons. The number of fused-ring (bicyclic) bond motifs is 2. The summed E-state index contributed by atoms with van der Waals surface area (Å²) in [6.07, 6.45) is 5.03. The molecule has 0 amide bonds. The quantitative estimate of drug-likeness (QED) is 0.360. The number of benzene rings is 3. The van der Waals surface area contributed by atoms with Crippen LogP contribution < -0.4 is 5.32 Å². The van der Waals surface area contributed by atoms with Gasteiger partial charge in [-0.05, 0) is 84.7 Å². The Kier molecular flexibility index (Phi) is 7.09. The minimum Gasteiger partial charge on any atom is -0.467 e. The van der Waals surface area contributed by atoms with E-state index in [1.165, 1.54) is 23.8 Å². The number of methoxy groups -OCH3 is 1. The van der Waals surface area contributed by atoms with Crippen LogP contribution in [-0.4, -0.2) is 30.3 Å². The van der Waals surface area contributed by atoms with E-state index in [0.29, 0.717) is 23.8 Å². The highest BCUT2D eigenvalue weighted by Crippen LogP contribution is 2.56. The normalized spacial score (nSPS) is 25.8. The van der Waals surface area contributed by atoms with Crippen molar-refractivity contribution in [2.45, 2.75) is 55.4 Å². The van der Waals surface area contributed by atoms with Gasteiger partial charge in [-0.2, -0.15) is 0 Å². The second-order valence-electron chi connectivity index (χ2n) is 10.4. The molecule has 0 bridgehead atoms. The molecule has 0 saturated heterocycles. The molecular formula is C31H34ClNO3. The van der Waals surface area contributed by atoms with Crippen molar-refractivity contribution in [1.29, 1.82) is 0 Å². The Morgan fingerprint density at radius 2 is 1.75 bits per heavy atom. The largest absolute Gasteiger partial charge is 0.467 e. The average Bonchev–Trinajstić information content (AvgIpc) is 3.21. The van der Waals surface area contributed by atoms with Crippen LogP contribution in [0.5, 0.6) is 0 Å². The molecular weight excluding hydrogens is 470 g/mol. The van der Waals surface area contributed by atoms with Crippen LogP contribution in [-0.2, 0) is 21.4 Å². The minimum atomic E-state index is -0.789. The number of anilines is 1. The van der Waals surface area contributed by atoms with Gasteiger partial charge in [-0.3, -0.25) is 0 Å². The van der Waals surface area contributed by atoms with Crippen molar-refractivity contribution in [3.8, 4) is 0 Å². The Balaban J connectivity index is 1.45. The molecule has 4 nitrogen and oxygen atoms in total. The first-order valence-corrected chi connectivity index (χ1v) is 13.2. The predicted octanol–water partition coefficient (Wildman–Crippen LogP) is 6.51. The van der Waals surface area contributed by atoms with E-state index in [4.69, 9.17) is 16.3 Å². The summed E-state index contributed by atoms with van der Waals surface area (Å²) in [4.78, 5) is 13.2. The number of halogens is 1. The smallest absolute Gasteiger partial charge is 0.331 e. The van der Waals surface area contributed by atoms with E-state index in [0.717, 1.165) is 31.4 Å². The van der Waals surface area contributed by atoms with E-state index >= 15 is 0 Å². The lowest BCUT2D eigenvalue weighted by molar-refractivity contribution is -0.148. The molecule has 2 N–H and O–H groups in total. The maximum absolute atomic E-state index is 13.2. The monoisotopic (exact) mass is 503 g/mol. The fraction of sp³-hybridized carbons (Fsp3) is 0.387. The first kappa shape index (κ1) is 24.9. The molecule has 0 aromatic heterocycles. The lowest BCUT2D eigenvalue weighted by Crippen LogP contribution is -2.53. The van der Waals surface area contributed by atoms with Crippen molar-refractivity contribution in [3.63, 3.8) is 0 Å². The standard InChI is InChI=1S/C31H34ClNO3/c1-36-29(35)31(33-27-12-7-11-26(32)20-27)16-14-30(15-17-31)25(18-23-10-5-6-13-28(23)30)19-24(21-34)22-8-3-2-4-9-22/h2-13,20,24-25,33-34H,14-19,21H2,1H3/t24-,25?,30?,31?/m1/s1. The maximum Gasteiger partial charge on any atom is 0.331 e. The maximum atomic E-state index is 13.2. The van der Waals surface area contributed by atoms with Gasteiger partial charge in [0.05, 0.1) is 7.11 Å². The highest BCUT2D eigenvalue weighted by Gasteiger charge is 2.54. The van der Waals surface area contributed by atoms with Crippen LogP contribution in [0.25, 0.3) is 0 Å². The first-order valence-electron chi connectivity index (χ1n) is 12.9. The third kappa shape index (κ3) is 4.53. The molecule has 3 aromatic rings. The summed E-state index contributed by atoms with van der Waals surface area (Å²) in [6, 6.07) is 26.7. The lowest BCUT2D eigenvalue weighted by Gasteiger charge is -2.48. The molecule has 0 heterocycles. The highest BCUT2D eigenvalue weighted by molar-refractivity contribution is 6.30. The van der Waals surface area contributed by atoms with Gasteiger partial charge in [-0.25, -0.2) is 4.79 Å². The van der Waals surface area contributed by atoms with E-state index in [1.54, 1.807) is 0 Å². The Labute approximate surface area is 218 Å². The summed E-state index contributed by atoms with van der Waals surface area (Å²) in [7, 11) is 1.47. The van der Waals surface area contributed by atoms with E-state index in [1.807, 2.05) is 42.5 Å². The number of esters is 1. The molecule has 188 valence electrons. The number of carbonyl (C=O) groups is 1. The van der Waals surface area contributed by atoms with E-state index in [-0.39, 0.29) is 23.9 Å². The predicted molar refractivity (Wildman–Crippen MR) is 144 cm³/mol. The van der Waals surface area contributed by atoms with Gasteiger partial charge < -0.3 is 15.2 Å². The molecule has 1 saturated carbocycles. The molecule has 1 spiro atoms. The molecule has 0 aliphatic heterocycles. The van der Waals surface area contributed by atoms with Crippen LogP contribution in [0.1, 0.15) is 54.7 Å². The van der Waals surface area contributed by atoms with Crippen LogP contribution in [0.2, 0.25) is 5.02 Å². The third-order valence-electron chi connectivity index (χ3n) is 8.64. The number of nitrogens with one attached hydrogen (secondary N) is 1. The van der Waals surface area contributed by atoms with Gasteiger partial charge in [-0.1, -0.05) is 72.3 Å². The van der Waals surface area contributed by atoms with Gasteiger partial charge in [-0.15, -0.1) is 0 Å². The van der Waals surface area contributed by atoms with Crippen LogP contribution in [0.4, 0.5) is 5.69 Å². The van der Waals surface area contributed by atoms with Crippen molar-refractivity contribution < 1.29 is 14.6 Å². The van der Waals surface area contributed by atoms with Gasteiger partial charge in [0.15, 0.2) is 0 Å². The summed E-state index contributed by atoms with van der Waals surface area (Å²) in [6.45, 7) is 0.134. The van der Waals surface area contributed by atoms with Crippen molar-refractivity contribution >= 4 is 23.3 Å². The zero-order valence-corrected chi connectivity index (χ0v) is 21.5. The first-order chi connectivity index (χ1) is 17.5. The van der Waals surface area contributed by atoms with Crippen LogP contribution in [0.15, 0.2) is 78.9 Å². The summed E-state index contributed by atoms with van der Waals surface area (Å²) in [5.41, 5.74) is 4.03. The zero-order chi connectivity index (χ0) is 25.2. The second kappa shape index (κ2) is 10.3. The highest BCUT2D eigenvalue weighted by atomic mass is 35.5. The van der Waals surface area contributed by atoms with Crippen LogP contribution >= 0.6 is 11.6 Å². The SMILES string of the molecule is COC(=O)C1(Nc2cccc(Cl)c2)CCC2(CC1)c1ccccc1CC2C[C@H](CO)c1ccccc1. The molecule has 2 atom stereocenters. The minimum absolute atomic E-state index is 0.0215. The van der Waals surface area contributed by atoms with Crippen LogP contribution in [0.3, 0.4) is 0 Å². The Hall–Kier alpha value is -2.82. The Morgan fingerprint density at radius 3 is 2.44 bits per heavy atom. The number of hydrogen-bond acceptors (Lipinski definition) is 4. The Morgan fingerprint density at radius 1 is 1.03 bits per heavy atom. The van der Waals surface area contributed by atoms with Crippen LogP contribution in [0, 0.1) is 5.92 Å². The molecule has 36 heavy (non-hydrogen) atoms. The molecule has 3 aromatic carbocycles. The Bertz CT molecular complexity index is 1200. The summed E-state index contributed by atoms with van der Waals surface area (Å²) < 4.78 is 5.32. The van der Waals surface area contributed by atoms with Crippen molar-refractivity contribution in [3.05, 3.63) is 101 Å². The number of aliphatic hydroxyl groups excluding tert-OH is 1. The second-order valence-corrected chi connectivity index (χ2v) is 10.9. The molecule has 2 aliphatic carbocycles.